The molecule has 2 rings (SSSR count). The summed E-state index contributed by atoms with van der Waals surface area (Å²) in [6.45, 7) is 0. The number of H-pyrrole nitrogens is 1. The second kappa shape index (κ2) is 6.12. The Bertz CT molecular complexity index is 580. The largest absolute Gasteiger partial charge is 0.376 e. The van der Waals surface area contributed by atoms with Crippen LogP contribution in [0.1, 0.15) is 12.6 Å². The molecule has 110 valence electrons. The highest BCUT2D eigenvalue weighted by Crippen LogP contribution is 2.33. The summed E-state index contributed by atoms with van der Waals surface area (Å²) in [7, 11) is 2.95. The zero-order valence-electron chi connectivity index (χ0n) is 11.1. The third-order valence-corrected chi connectivity index (χ3v) is 3.28. The molecular weight excluding hydrogens is 268 g/mol. The highest BCUT2D eigenvalue weighted by molar-refractivity contribution is 5.50. The van der Waals surface area contributed by atoms with Crippen molar-refractivity contribution in [2.45, 2.75) is 31.0 Å². The molecular formula is C12H16N2O6. The summed E-state index contributed by atoms with van der Waals surface area (Å²) in [5, 5.41) is 0. The molecule has 1 aromatic heterocycles. The predicted octanol–water partition coefficient (Wildman–Crippen LogP) is -0.947. The van der Waals surface area contributed by atoms with Crippen molar-refractivity contribution < 1.29 is 19.0 Å². The van der Waals surface area contributed by atoms with Crippen LogP contribution in [0.2, 0.25) is 0 Å². The minimum absolute atomic E-state index is 0.132. The fourth-order valence-corrected chi connectivity index (χ4v) is 2.38. The number of nitrogens with one attached hydrogen (secondary N) is 1. The van der Waals surface area contributed by atoms with Gasteiger partial charge in [-0.3, -0.25) is 14.3 Å². The fourth-order valence-electron chi connectivity index (χ4n) is 2.38. The van der Waals surface area contributed by atoms with Gasteiger partial charge >= 0.3 is 5.69 Å². The molecule has 8 heteroatoms. The lowest BCUT2D eigenvalue weighted by Crippen LogP contribution is -2.39. The average molecular weight is 284 g/mol. The maximum absolute atomic E-state index is 11.8. The number of ether oxygens (including phenoxy) is 3. The highest BCUT2D eigenvalue weighted by atomic mass is 16.6. The smallest absolute Gasteiger partial charge is 0.330 e. The number of aromatic nitrogens is 2. The summed E-state index contributed by atoms with van der Waals surface area (Å²) in [6, 6.07) is 1.21. The monoisotopic (exact) mass is 284 g/mol. The van der Waals surface area contributed by atoms with E-state index in [1.54, 1.807) is 0 Å². The van der Waals surface area contributed by atoms with E-state index in [0.717, 1.165) is 6.29 Å². The van der Waals surface area contributed by atoms with Crippen LogP contribution >= 0.6 is 0 Å². The molecule has 0 saturated carbocycles. The number of aromatic amines is 1. The van der Waals surface area contributed by atoms with Crippen molar-refractivity contribution in [3.05, 3.63) is 33.1 Å². The van der Waals surface area contributed by atoms with Crippen LogP contribution in [0.4, 0.5) is 0 Å². The number of carbonyl (C=O) groups excluding carboxylic acids is 1. The maximum atomic E-state index is 11.8. The Labute approximate surface area is 114 Å². The van der Waals surface area contributed by atoms with Crippen LogP contribution in [-0.2, 0) is 19.0 Å². The molecule has 4 atom stereocenters. The van der Waals surface area contributed by atoms with Crippen molar-refractivity contribution in [1.82, 2.24) is 9.55 Å². The van der Waals surface area contributed by atoms with Gasteiger partial charge in [0.15, 0.2) is 6.23 Å². The van der Waals surface area contributed by atoms with E-state index in [9.17, 15) is 14.4 Å². The van der Waals surface area contributed by atoms with Gasteiger partial charge in [-0.25, -0.2) is 4.79 Å². The van der Waals surface area contributed by atoms with Gasteiger partial charge in [0, 0.05) is 32.9 Å². The quantitative estimate of drug-likeness (QED) is 0.700. The lowest BCUT2D eigenvalue weighted by atomic mass is 10.1. The zero-order valence-corrected chi connectivity index (χ0v) is 11.1. The zero-order chi connectivity index (χ0) is 14.7. The first kappa shape index (κ1) is 14.6. The average Bonchev–Trinajstić information content (AvgIpc) is 2.76. The van der Waals surface area contributed by atoms with E-state index < -0.39 is 35.8 Å². The molecule has 4 unspecified atom stereocenters. The van der Waals surface area contributed by atoms with Gasteiger partial charge in [-0.05, 0) is 0 Å². The second-order valence-corrected chi connectivity index (χ2v) is 4.39. The summed E-state index contributed by atoms with van der Waals surface area (Å²) in [6.07, 6.45) is -0.129. The number of nitrogens with zero attached hydrogens (tertiary/aromatic N) is 1. The summed E-state index contributed by atoms with van der Waals surface area (Å²) in [5.41, 5.74) is -1.10. The van der Waals surface area contributed by atoms with E-state index in [2.05, 4.69) is 4.98 Å². The van der Waals surface area contributed by atoms with Crippen LogP contribution in [0, 0.1) is 0 Å². The molecule has 0 radical (unpaired) electrons. The molecule has 20 heavy (non-hydrogen) atoms. The van der Waals surface area contributed by atoms with Crippen molar-refractivity contribution in [1.29, 1.82) is 0 Å². The molecule has 2 heterocycles. The molecule has 0 aromatic carbocycles. The van der Waals surface area contributed by atoms with Gasteiger partial charge in [-0.15, -0.1) is 0 Å². The Balaban J connectivity index is 2.37. The van der Waals surface area contributed by atoms with Crippen LogP contribution in [0.25, 0.3) is 0 Å². The van der Waals surface area contributed by atoms with E-state index >= 15 is 0 Å². The number of methoxy groups -OCH3 is 2. The molecule has 0 bridgehead atoms. The lowest BCUT2D eigenvalue weighted by Gasteiger charge is -2.21. The molecule has 0 spiro atoms. The number of aldehydes is 1. The number of carbonyl (C=O) groups is 1. The standard InChI is InChI=1S/C12H16N2O6/c1-18-9-7(4-6-15)20-11(10(9)19-2)14-5-3-8(16)13-12(14)17/h3,5-7,9-11H,4H2,1-2H3,(H,13,16,17). The molecule has 1 fully saturated rings. The van der Waals surface area contributed by atoms with Gasteiger partial charge in [-0.2, -0.15) is 0 Å². The number of rotatable bonds is 5. The van der Waals surface area contributed by atoms with Gasteiger partial charge in [-0.1, -0.05) is 0 Å². The molecule has 1 saturated heterocycles. The second-order valence-electron chi connectivity index (χ2n) is 4.39. The molecule has 0 aliphatic carbocycles. The van der Waals surface area contributed by atoms with Crippen LogP contribution in [0.15, 0.2) is 21.9 Å². The van der Waals surface area contributed by atoms with Crippen LogP contribution in [0.3, 0.4) is 0 Å². The minimum Gasteiger partial charge on any atom is -0.376 e. The van der Waals surface area contributed by atoms with E-state index in [1.165, 1.54) is 31.0 Å². The minimum atomic E-state index is -0.765. The molecule has 0 amide bonds. The van der Waals surface area contributed by atoms with Crippen molar-refractivity contribution in [2.75, 3.05) is 14.2 Å². The number of hydrogen-bond acceptors (Lipinski definition) is 6. The molecule has 1 N–H and O–H groups in total. The predicted molar refractivity (Wildman–Crippen MR) is 67.5 cm³/mol. The Morgan fingerprint density at radius 2 is 2.05 bits per heavy atom. The van der Waals surface area contributed by atoms with Crippen LogP contribution in [-0.4, -0.2) is 48.4 Å². The van der Waals surface area contributed by atoms with Gasteiger partial charge in [0.25, 0.3) is 5.56 Å². The van der Waals surface area contributed by atoms with E-state index in [4.69, 9.17) is 14.2 Å². The summed E-state index contributed by atoms with van der Waals surface area (Å²) >= 11 is 0. The van der Waals surface area contributed by atoms with Gasteiger partial charge in [0.2, 0.25) is 0 Å². The van der Waals surface area contributed by atoms with Crippen LogP contribution < -0.4 is 11.2 Å². The van der Waals surface area contributed by atoms with Crippen LogP contribution in [0.5, 0.6) is 0 Å². The molecule has 1 aliphatic heterocycles. The summed E-state index contributed by atoms with van der Waals surface area (Å²) in [5.74, 6) is 0. The third kappa shape index (κ3) is 2.58. The lowest BCUT2D eigenvalue weighted by molar-refractivity contribution is -0.112. The van der Waals surface area contributed by atoms with Crippen molar-refractivity contribution in [3.8, 4) is 0 Å². The first-order valence-electron chi connectivity index (χ1n) is 6.08. The Morgan fingerprint density at radius 3 is 2.60 bits per heavy atom. The number of hydrogen-bond donors (Lipinski definition) is 1. The normalized spacial score (nSPS) is 29.5. The summed E-state index contributed by atoms with van der Waals surface area (Å²) < 4.78 is 17.5. The Kier molecular flexibility index (Phi) is 4.48. The van der Waals surface area contributed by atoms with E-state index in [1.807, 2.05) is 0 Å². The van der Waals surface area contributed by atoms with Gasteiger partial charge < -0.3 is 19.0 Å². The molecule has 1 aromatic rings. The van der Waals surface area contributed by atoms with Gasteiger partial charge in [0.1, 0.15) is 18.5 Å². The van der Waals surface area contributed by atoms with Gasteiger partial charge in [0.05, 0.1) is 6.10 Å². The first-order valence-corrected chi connectivity index (χ1v) is 6.08. The summed E-state index contributed by atoms with van der Waals surface area (Å²) in [4.78, 5) is 35.7. The highest BCUT2D eigenvalue weighted by Gasteiger charge is 2.46. The van der Waals surface area contributed by atoms with Crippen molar-refractivity contribution in [2.24, 2.45) is 0 Å². The van der Waals surface area contributed by atoms with Crippen molar-refractivity contribution in [3.63, 3.8) is 0 Å². The van der Waals surface area contributed by atoms with E-state index in [0.29, 0.717) is 0 Å². The SMILES string of the molecule is COC1C(CC=O)OC(n2ccc(=O)[nH]c2=O)C1OC. The maximum Gasteiger partial charge on any atom is 0.330 e. The van der Waals surface area contributed by atoms with Crippen molar-refractivity contribution >= 4 is 6.29 Å². The Hall–Kier alpha value is -1.77. The topological polar surface area (TPSA) is 99.6 Å². The first-order chi connectivity index (χ1) is 9.62. The molecule has 8 nitrogen and oxygen atoms in total. The van der Waals surface area contributed by atoms with E-state index in [-0.39, 0.29) is 6.42 Å². The fraction of sp³-hybridized carbons (Fsp3) is 0.583. The molecule has 1 aliphatic rings. The Morgan fingerprint density at radius 1 is 1.35 bits per heavy atom. The third-order valence-electron chi connectivity index (χ3n) is 3.28.